The van der Waals surface area contributed by atoms with Crippen LogP contribution in [0.3, 0.4) is 0 Å². The molecule has 0 amide bonds. The first-order chi connectivity index (χ1) is 8.27. The van der Waals surface area contributed by atoms with Crippen molar-refractivity contribution in [2.24, 2.45) is 0 Å². The maximum Gasteiger partial charge on any atom is 0.201 e. The van der Waals surface area contributed by atoms with Gasteiger partial charge in [-0.15, -0.1) is 0 Å². The van der Waals surface area contributed by atoms with Gasteiger partial charge < -0.3 is 14.9 Å². The summed E-state index contributed by atoms with van der Waals surface area (Å²) in [5.41, 5.74) is 0.671. The number of aromatic nitrogens is 2. The number of ether oxygens (including phenoxy) is 1. The average molecular weight is 232 g/mol. The van der Waals surface area contributed by atoms with Gasteiger partial charge in [-0.1, -0.05) is 12.1 Å². The molecular weight excluding hydrogens is 220 g/mol. The number of aliphatic hydroxyl groups excluding tert-OH is 2. The summed E-state index contributed by atoms with van der Waals surface area (Å²) in [7, 11) is 0. The van der Waals surface area contributed by atoms with Crippen LogP contribution in [0.5, 0.6) is 0 Å². The summed E-state index contributed by atoms with van der Waals surface area (Å²) in [6.07, 6.45) is 0.505. The van der Waals surface area contributed by atoms with E-state index in [2.05, 4.69) is 9.97 Å². The number of aliphatic hydroxyl groups is 2. The monoisotopic (exact) mass is 232 g/mol. The quantitative estimate of drug-likeness (QED) is 0.774. The van der Waals surface area contributed by atoms with Crippen LogP contribution in [0.2, 0.25) is 0 Å². The lowest BCUT2D eigenvalue weighted by Gasteiger charge is -2.15. The summed E-state index contributed by atoms with van der Waals surface area (Å²) < 4.78 is 5.01. The Balaban J connectivity index is 2.02. The molecule has 0 unspecified atom stereocenters. The Labute approximate surface area is 98.4 Å². The van der Waals surface area contributed by atoms with E-state index in [0.29, 0.717) is 11.4 Å². The molecule has 0 aromatic carbocycles. The van der Waals surface area contributed by atoms with Crippen molar-refractivity contribution >= 4 is 0 Å². The van der Waals surface area contributed by atoms with Crippen LogP contribution in [0.4, 0.5) is 0 Å². The Hall–Kier alpha value is -1.82. The zero-order chi connectivity index (χ0) is 12.1. The molecular formula is C12H12N2O3. The fourth-order valence-electron chi connectivity index (χ4n) is 1.31. The van der Waals surface area contributed by atoms with Gasteiger partial charge in [0.15, 0.2) is 0 Å². The minimum absolute atomic E-state index is 0.336. The van der Waals surface area contributed by atoms with E-state index in [1.807, 2.05) is 0 Å². The van der Waals surface area contributed by atoms with E-state index in [9.17, 15) is 10.2 Å². The van der Waals surface area contributed by atoms with Gasteiger partial charge in [0.05, 0.1) is 11.4 Å². The van der Waals surface area contributed by atoms with Gasteiger partial charge in [-0.3, -0.25) is 9.97 Å². The van der Waals surface area contributed by atoms with Crippen molar-refractivity contribution in [1.82, 2.24) is 9.97 Å². The van der Waals surface area contributed by atoms with Crippen molar-refractivity contribution in [2.75, 3.05) is 0 Å². The van der Waals surface area contributed by atoms with Crippen molar-refractivity contribution in [1.29, 1.82) is 0 Å². The van der Waals surface area contributed by atoms with Crippen LogP contribution in [-0.2, 0) is 4.74 Å². The summed E-state index contributed by atoms with van der Waals surface area (Å²) >= 11 is 0. The molecule has 0 saturated carbocycles. The predicted octanol–water partition coefficient (Wildman–Crippen LogP) is 1.18. The summed E-state index contributed by atoms with van der Waals surface area (Å²) in [6.45, 7) is 0. The van der Waals surface area contributed by atoms with Gasteiger partial charge in [-0.05, 0) is 24.3 Å². The third-order valence-corrected chi connectivity index (χ3v) is 2.14. The summed E-state index contributed by atoms with van der Waals surface area (Å²) in [6, 6.07) is 10.1. The molecule has 2 atom stereocenters. The fourth-order valence-corrected chi connectivity index (χ4v) is 1.31. The number of hydrogen-bond acceptors (Lipinski definition) is 5. The van der Waals surface area contributed by atoms with Crippen molar-refractivity contribution in [3.63, 3.8) is 0 Å². The van der Waals surface area contributed by atoms with Crippen LogP contribution in [0.15, 0.2) is 48.8 Å². The normalized spacial score (nSPS) is 14.2. The lowest BCUT2D eigenvalue weighted by molar-refractivity contribution is -0.218. The molecule has 2 aromatic heterocycles. The van der Waals surface area contributed by atoms with E-state index in [-0.39, 0.29) is 0 Å². The first kappa shape index (κ1) is 11.7. The van der Waals surface area contributed by atoms with Crippen LogP contribution >= 0.6 is 0 Å². The molecule has 0 fully saturated rings. The van der Waals surface area contributed by atoms with Gasteiger partial charge in [0, 0.05) is 12.4 Å². The second-order valence-corrected chi connectivity index (χ2v) is 3.35. The molecule has 17 heavy (non-hydrogen) atoms. The Morgan fingerprint density at radius 2 is 1.29 bits per heavy atom. The van der Waals surface area contributed by atoms with E-state index in [4.69, 9.17) is 4.74 Å². The smallest absolute Gasteiger partial charge is 0.201 e. The van der Waals surface area contributed by atoms with Gasteiger partial charge in [-0.2, -0.15) is 0 Å². The number of hydrogen-bond donors (Lipinski definition) is 2. The topological polar surface area (TPSA) is 75.5 Å². The first-order valence-electron chi connectivity index (χ1n) is 5.11. The van der Waals surface area contributed by atoms with Crippen molar-refractivity contribution in [2.45, 2.75) is 12.6 Å². The Morgan fingerprint density at radius 3 is 1.65 bits per heavy atom. The SMILES string of the molecule is O[C@H](O[C@H](O)c1ccccn1)c1ccccn1. The van der Waals surface area contributed by atoms with Crippen LogP contribution in [0.25, 0.3) is 0 Å². The molecule has 2 heterocycles. The predicted molar refractivity (Wildman–Crippen MR) is 59.5 cm³/mol. The lowest BCUT2D eigenvalue weighted by atomic mass is 10.3. The molecule has 0 aliphatic heterocycles. The third-order valence-electron chi connectivity index (χ3n) is 2.14. The summed E-state index contributed by atoms with van der Waals surface area (Å²) in [4.78, 5) is 7.84. The zero-order valence-electron chi connectivity index (χ0n) is 8.97. The van der Waals surface area contributed by atoms with E-state index in [1.165, 1.54) is 12.4 Å². The van der Waals surface area contributed by atoms with Crippen LogP contribution < -0.4 is 0 Å². The second kappa shape index (κ2) is 5.49. The number of pyridine rings is 2. The summed E-state index contributed by atoms with van der Waals surface area (Å²) in [5.74, 6) is 0. The summed E-state index contributed by atoms with van der Waals surface area (Å²) in [5, 5.41) is 19.4. The molecule has 88 valence electrons. The lowest BCUT2D eigenvalue weighted by Crippen LogP contribution is -2.11. The molecule has 0 saturated heterocycles. The molecule has 2 rings (SSSR count). The molecule has 0 spiro atoms. The van der Waals surface area contributed by atoms with Gasteiger partial charge in [0.1, 0.15) is 0 Å². The highest BCUT2D eigenvalue weighted by Crippen LogP contribution is 2.20. The van der Waals surface area contributed by atoms with Crippen LogP contribution in [0, 0.1) is 0 Å². The van der Waals surface area contributed by atoms with Gasteiger partial charge in [0.25, 0.3) is 0 Å². The highest BCUT2D eigenvalue weighted by molar-refractivity contribution is 5.06. The van der Waals surface area contributed by atoms with Gasteiger partial charge in [0.2, 0.25) is 12.6 Å². The molecule has 0 aliphatic rings. The largest absolute Gasteiger partial charge is 0.363 e. The van der Waals surface area contributed by atoms with Crippen molar-refractivity contribution in [3.05, 3.63) is 60.2 Å². The Kier molecular flexibility index (Phi) is 3.77. The molecule has 2 N–H and O–H groups in total. The molecule has 5 nitrogen and oxygen atoms in total. The van der Waals surface area contributed by atoms with E-state index >= 15 is 0 Å². The maximum absolute atomic E-state index is 9.68. The molecule has 0 radical (unpaired) electrons. The van der Waals surface area contributed by atoms with E-state index in [0.717, 1.165) is 0 Å². The minimum Gasteiger partial charge on any atom is -0.363 e. The highest BCUT2D eigenvalue weighted by Gasteiger charge is 2.16. The second-order valence-electron chi connectivity index (χ2n) is 3.35. The fraction of sp³-hybridized carbons (Fsp3) is 0.167. The van der Waals surface area contributed by atoms with Crippen molar-refractivity contribution in [3.8, 4) is 0 Å². The molecule has 2 aromatic rings. The van der Waals surface area contributed by atoms with Crippen molar-refractivity contribution < 1.29 is 14.9 Å². The van der Waals surface area contributed by atoms with E-state index in [1.54, 1.807) is 36.4 Å². The van der Waals surface area contributed by atoms with Gasteiger partial charge >= 0.3 is 0 Å². The minimum atomic E-state index is -1.28. The average Bonchev–Trinajstić information content (AvgIpc) is 2.40. The Bertz CT molecular complexity index is 406. The molecule has 0 bridgehead atoms. The number of rotatable bonds is 4. The van der Waals surface area contributed by atoms with Crippen LogP contribution in [-0.4, -0.2) is 20.2 Å². The third kappa shape index (κ3) is 3.07. The zero-order valence-corrected chi connectivity index (χ0v) is 8.97. The highest BCUT2D eigenvalue weighted by atomic mass is 16.7. The number of nitrogens with zero attached hydrogens (tertiary/aromatic N) is 2. The Morgan fingerprint density at radius 1 is 0.824 bits per heavy atom. The molecule has 0 aliphatic carbocycles. The molecule has 5 heteroatoms. The first-order valence-corrected chi connectivity index (χ1v) is 5.11. The van der Waals surface area contributed by atoms with E-state index < -0.39 is 12.6 Å². The standard InChI is InChI=1S/C12H12N2O3/c15-11(9-5-1-3-7-13-9)17-12(16)10-6-2-4-8-14-10/h1-8,11-12,15-16H/t11-,12+. The van der Waals surface area contributed by atoms with Gasteiger partial charge in [-0.25, -0.2) is 0 Å². The maximum atomic E-state index is 9.68. The van der Waals surface area contributed by atoms with Crippen LogP contribution in [0.1, 0.15) is 24.0 Å².